The normalized spacial score (nSPS) is 23.6. The van der Waals surface area contributed by atoms with Gasteiger partial charge < -0.3 is 10.4 Å². The van der Waals surface area contributed by atoms with Gasteiger partial charge in [-0.2, -0.15) is 0 Å². The van der Waals surface area contributed by atoms with E-state index in [4.69, 9.17) is 5.11 Å². The zero-order valence-electron chi connectivity index (χ0n) is 10.6. The number of hydrogen-bond donors (Lipinski definition) is 2. The van der Waals surface area contributed by atoms with Gasteiger partial charge in [0.2, 0.25) is 5.91 Å². The number of hydrogen-bond acceptors (Lipinski definition) is 2. The standard InChI is InChI=1S/C15H21NO2/c17-11-13-6-8-14(9-7-13)16-15(18)10-12-4-2-1-3-5-12/h1-5,13-14,17H,6-11H2,(H,16,18). The summed E-state index contributed by atoms with van der Waals surface area (Å²) in [6.07, 6.45) is 4.48. The topological polar surface area (TPSA) is 49.3 Å². The summed E-state index contributed by atoms with van der Waals surface area (Å²) >= 11 is 0. The first-order valence-corrected chi connectivity index (χ1v) is 6.72. The maximum atomic E-state index is 11.9. The van der Waals surface area contributed by atoms with Gasteiger partial charge >= 0.3 is 0 Å². The molecule has 1 amide bonds. The lowest BCUT2D eigenvalue weighted by atomic mass is 9.86. The van der Waals surface area contributed by atoms with Crippen LogP contribution in [0.15, 0.2) is 30.3 Å². The van der Waals surface area contributed by atoms with Crippen molar-refractivity contribution in [1.82, 2.24) is 5.32 Å². The van der Waals surface area contributed by atoms with Crippen LogP contribution in [0.4, 0.5) is 0 Å². The van der Waals surface area contributed by atoms with Crippen LogP contribution in [0.25, 0.3) is 0 Å². The smallest absolute Gasteiger partial charge is 0.224 e. The number of amides is 1. The molecule has 0 bridgehead atoms. The van der Waals surface area contributed by atoms with Gasteiger partial charge in [-0.05, 0) is 37.2 Å². The summed E-state index contributed by atoms with van der Waals surface area (Å²) in [5.74, 6) is 0.543. The average molecular weight is 247 g/mol. The SMILES string of the molecule is O=C(Cc1ccccc1)NC1CCC(CO)CC1. The van der Waals surface area contributed by atoms with E-state index in [2.05, 4.69) is 5.32 Å². The van der Waals surface area contributed by atoms with Crippen LogP contribution in [0.3, 0.4) is 0 Å². The lowest BCUT2D eigenvalue weighted by Gasteiger charge is -2.27. The molecule has 0 radical (unpaired) electrons. The highest BCUT2D eigenvalue weighted by molar-refractivity contribution is 5.78. The van der Waals surface area contributed by atoms with Crippen LogP contribution in [-0.4, -0.2) is 23.7 Å². The monoisotopic (exact) mass is 247 g/mol. The lowest BCUT2D eigenvalue weighted by molar-refractivity contribution is -0.121. The average Bonchev–Trinajstić information content (AvgIpc) is 2.40. The Hall–Kier alpha value is -1.35. The van der Waals surface area contributed by atoms with Crippen LogP contribution in [0.5, 0.6) is 0 Å². The van der Waals surface area contributed by atoms with Gasteiger partial charge in [0, 0.05) is 12.6 Å². The van der Waals surface area contributed by atoms with E-state index in [0.29, 0.717) is 18.4 Å². The van der Waals surface area contributed by atoms with E-state index >= 15 is 0 Å². The molecular weight excluding hydrogens is 226 g/mol. The van der Waals surface area contributed by atoms with Gasteiger partial charge in [-0.1, -0.05) is 30.3 Å². The second-order valence-corrected chi connectivity index (χ2v) is 5.13. The minimum atomic E-state index is 0.105. The Kier molecular flexibility index (Phi) is 4.76. The fraction of sp³-hybridized carbons (Fsp3) is 0.533. The van der Waals surface area contributed by atoms with Crippen molar-refractivity contribution in [1.29, 1.82) is 0 Å². The summed E-state index contributed by atoms with van der Waals surface area (Å²) in [4.78, 5) is 11.9. The zero-order valence-corrected chi connectivity index (χ0v) is 10.6. The van der Waals surface area contributed by atoms with Crippen molar-refractivity contribution in [2.75, 3.05) is 6.61 Å². The third-order valence-corrected chi connectivity index (χ3v) is 3.68. The first kappa shape index (κ1) is 13.1. The second kappa shape index (κ2) is 6.55. The van der Waals surface area contributed by atoms with Gasteiger partial charge in [-0.3, -0.25) is 4.79 Å². The number of aliphatic hydroxyl groups is 1. The molecule has 1 fully saturated rings. The lowest BCUT2D eigenvalue weighted by Crippen LogP contribution is -2.38. The molecule has 0 aromatic heterocycles. The van der Waals surface area contributed by atoms with Crippen molar-refractivity contribution in [2.45, 2.75) is 38.1 Å². The highest BCUT2D eigenvalue weighted by Gasteiger charge is 2.21. The van der Waals surface area contributed by atoms with Gasteiger partial charge in [-0.25, -0.2) is 0 Å². The molecule has 1 aliphatic carbocycles. The summed E-state index contributed by atoms with van der Waals surface area (Å²) in [6, 6.07) is 10.1. The first-order chi connectivity index (χ1) is 8.78. The molecule has 18 heavy (non-hydrogen) atoms. The Bertz CT molecular complexity index is 369. The summed E-state index contributed by atoms with van der Waals surface area (Å²) < 4.78 is 0. The van der Waals surface area contributed by atoms with E-state index < -0.39 is 0 Å². The van der Waals surface area contributed by atoms with Crippen molar-refractivity contribution >= 4 is 5.91 Å². The van der Waals surface area contributed by atoms with Gasteiger partial charge in [0.1, 0.15) is 0 Å². The highest BCUT2D eigenvalue weighted by Crippen LogP contribution is 2.23. The van der Waals surface area contributed by atoms with Gasteiger partial charge in [0.05, 0.1) is 6.42 Å². The molecule has 1 aromatic rings. The fourth-order valence-corrected chi connectivity index (χ4v) is 2.55. The Morgan fingerprint density at radius 3 is 2.44 bits per heavy atom. The van der Waals surface area contributed by atoms with E-state index in [-0.39, 0.29) is 12.5 Å². The molecule has 2 rings (SSSR count). The molecular formula is C15H21NO2. The molecule has 0 unspecified atom stereocenters. The Balaban J connectivity index is 1.75. The van der Waals surface area contributed by atoms with Crippen LogP contribution in [0.2, 0.25) is 0 Å². The van der Waals surface area contributed by atoms with Crippen molar-refractivity contribution in [3.8, 4) is 0 Å². The van der Waals surface area contributed by atoms with E-state index in [9.17, 15) is 4.79 Å². The third-order valence-electron chi connectivity index (χ3n) is 3.68. The molecule has 1 aliphatic rings. The van der Waals surface area contributed by atoms with Crippen LogP contribution >= 0.6 is 0 Å². The molecule has 0 heterocycles. The van der Waals surface area contributed by atoms with Gasteiger partial charge in [0.15, 0.2) is 0 Å². The maximum absolute atomic E-state index is 11.9. The number of carbonyl (C=O) groups excluding carboxylic acids is 1. The number of aliphatic hydroxyl groups excluding tert-OH is 1. The van der Waals surface area contributed by atoms with Crippen LogP contribution < -0.4 is 5.32 Å². The van der Waals surface area contributed by atoms with Crippen molar-refractivity contribution in [2.24, 2.45) is 5.92 Å². The van der Waals surface area contributed by atoms with Crippen LogP contribution in [-0.2, 0) is 11.2 Å². The Morgan fingerprint density at radius 2 is 1.83 bits per heavy atom. The first-order valence-electron chi connectivity index (χ1n) is 6.72. The molecule has 98 valence electrons. The summed E-state index contributed by atoms with van der Waals surface area (Å²) in [6.45, 7) is 0.282. The van der Waals surface area contributed by atoms with Crippen molar-refractivity contribution in [3.05, 3.63) is 35.9 Å². The Labute approximate surface area is 108 Å². The van der Waals surface area contributed by atoms with Crippen molar-refractivity contribution < 1.29 is 9.90 Å². The molecule has 0 atom stereocenters. The van der Waals surface area contributed by atoms with Crippen LogP contribution in [0, 0.1) is 5.92 Å². The zero-order chi connectivity index (χ0) is 12.8. The number of rotatable bonds is 4. The van der Waals surface area contributed by atoms with E-state index in [1.165, 1.54) is 0 Å². The van der Waals surface area contributed by atoms with Gasteiger partial charge in [0.25, 0.3) is 0 Å². The largest absolute Gasteiger partial charge is 0.396 e. The molecule has 2 N–H and O–H groups in total. The quantitative estimate of drug-likeness (QED) is 0.853. The van der Waals surface area contributed by atoms with Crippen LogP contribution in [0.1, 0.15) is 31.2 Å². The van der Waals surface area contributed by atoms with E-state index in [1.54, 1.807) is 0 Å². The predicted octanol–water partition coefficient (Wildman–Crippen LogP) is 1.90. The number of benzene rings is 1. The summed E-state index contributed by atoms with van der Waals surface area (Å²) in [5, 5.41) is 12.2. The van der Waals surface area contributed by atoms with Gasteiger partial charge in [-0.15, -0.1) is 0 Å². The molecule has 1 aromatic carbocycles. The van der Waals surface area contributed by atoms with Crippen molar-refractivity contribution in [3.63, 3.8) is 0 Å². The molecule has 1 saturated carbocycles. The number of carbonyl (C=O) groups is 1. The summed E-state index contributed by atoms with van der Waals surface area (Å²) in [7, 11) is 0. The van der Waals surface area contributed by atoms with E-state index in [1.807, 2.05) is 30.3 Å². The molecule has 0 spiro atoms. The minimum Gasteiger partial charge on any atom is -0.396 e. The maximum Gasteiger partial charge on any atom is 0.224 e. The molecule has 0 saturated heterocycles. The predicted molar refractivity (Wildman–Crippen MR) is 71.1 cm³/mol. The Morgan fingerprint density at radius 1 is 1.17 bits per heavy atom. The minimum absolute atomic E-state index is 0.105. The number of nitrogens with one attached hydrogen (secondary N) is 1. The molecule has 0 aliphatic heterocycles. The molecule has 3 heteroatoms. The third kappa shape index (κ3) is 3.84. The molecule has 3 nitrogen and oxygen atoms in total. The second-order valence-electron chi connectivity index (χ2n) is 5.13. The highest BCUT2D eigenvalue weighted by atomic mass is 16.3. The van der Waals surface area contributed by atoms with E-state index in [0.717, 1.165) is 31.2 Å². The summed E-state index contributed by atoms with van der Waals surface area (Å²) in [5.41, 5.74) is 1.05. The fourth-order valence-electron chi connectivity index (χ4n) is 2.55.